The van der Waals surface area contributed by atoms with Crippen LogP contribution in [0.5, 0.6) is 0 Å². The molecular weight excluding hydrogens is 296 g/mol. The summed E-state index contributed by atoms with van der Waals surface area (Å²) in [5, 5.41) is 0. The molecule has 1 aromatic heterocycles. The van der Waals surface area contributed by atoms with Crippen molar-refractivity contribution < 1.29 is 4.74 Å². The molecule has 3 aromatic rings. The summed E-state index contributed by atoms with van der Waals surface area (Å²) in [6.45, 7) is 2.09. The molecule has 0 saturated heterocycles. The van der Waals surface area contributed by atoms with E-state index in [0.717, 1.165) is 6.54 Å². The Labute approximate surface area is 137 Å². The molecule has 0 radical (unpaired) electrons. The van der Waals surface area contributed by atoms with Crippen LogP contribution >= 0.6 is 12.4 Å². The van der Waals surface area contributed by atoms with E-state index in [9.17, 15) is 0 Å². The number of ether oxygens (including phenoxy) is 1. The van der Waals surface area contributed by atoms with Gasteiger partial charge in [-0.05, 0) is 16.7 Å². The van der Waals surface area contributed by atoms with Crippen LogP contribution in [0.4, 0.5) is 0 Å². The molecule has 2 aromatic carbocycles. The molecule has 114 valence electrons. The van der Waals surface area contributed by atoms with Crippen molar-refractivity contribution >= 4 is 12.4 Å². The highest BCUT2D eigenvalue weighted by atomic mass is 35.5. The average Bonchev–Trinajstić information content (AvgIpc) is 3.03. The van der Waals surface area contributed by atoms with Crippen LogP contribution in [-0.2, 0) is 24.5 Å². The minimum Gasteiger partial charge on any atom is -0.372 e. The molecule has 0 bridgehead atoms. The van der Waals surface area contributed by atoms with Crippen LogP contribution in [-0.4, -0.2) is 9.55 Å². The number of nitrogens with zero attached hydrogens (tertiary/aromatic N) is 2. The van der Waals surface area contributed by atoms with Crippen LogP contribution in [0, 0.1) is 0 Å². The van der Waals surface area contributed by atoms with Crippen LogP contribution in [0.1, 0.15) is 16.7 Å². The minimum atomic E-state index is 0. The molecule has 3 rings (SSSR count). The van der Waals surface area contributed by atoms with E-state index in [-0.39, 0.29) is 12.4 Å². The first-order valence-electron chi connectivity index (χ1n) is 7.06. The van der Waals surface area contributed by atoms with Gasteiger partial charge in [-0.1, -0.05) is 54.6 Å². The number of aromatic nitrogens is 2. The fourth-order valence-corrected chi connectivity index (χ4v) is 2.28. The Morgan fingerprint density at radius 2 is 1.59 bits per heavy atom. The lowest BCUT2D eigenvalue weighted by atomic mass is 10.1. The summed E-state index contributed by atoms with van der Waals surface area (Å²) in [5.74, 6) is 0. The highest BCUT2D eigenvalue weighted by Crippen LogP contribution is 2.13. The zero-order valence-electron chi connectivity index (χ0n) is 12.3. The first-order chi connectivity index (χ1) is 10.4. The van der Waals surface area contributed by atoms with Crippen LogP contribution in [0.2, 0.25) is 0 Å². The Balaban J connectivity index is 0.00000176. The molecule has 1 heterocycles. The van der Waals surface area contributed by atoms with Gasteiger partial charge in [0.15, 0.2) is 0 Å². The second kappa shape index (κ2) is 8.37. The predicted molar refractivity (Wildman–Crippen MR) is 90.0 cm³/mol. The Kier molecular flexibility index (Phi) is 6.19. The minimum absolute atomic E-state index is 0. The van der Waals surface area contributed by atoms with Crippen LogP contribution < -0.4 is 0 Å². The van der Waals surface area contributed by atoms with E-state index in [0.29, 0.717) is 13.2 Å². The summed E-state index contributed by atoms with van der Waals surface area (Å²) < 4.78 is 7.91. The third-order valence-electron chi connectivity index (χ3n) is 3.40. The van der Waals surface area contributed by atoms with Crippen molar-refractivity contribution in [3.63, 3.8) is 0 Å². The maximum Gasteiger partial charge on any atom is 0.0949 e. The molecule has 0 N–H and O–H groups in total. The van der Waals surface area contributed by atoms with Crippen molar-refractivity contribution in [3.05, 3.63) is 90.0 Å². The number of imidazole rings is 1. The predicted octanol–water partition coefficient (Wildman–Crippen LogP) is 4.07. The monoisotopic (exact) mass is 314 g/mol. The fraction of sp³-hybridized carbons (Fsp3) is 0.167. The fourth-order valence-electron chi connectivity index (χ4n) is 2.28. The Morgan fingerprint density at radius 1 is 0.864 bits per heavy atom. The lowest BCUT2D eigenvalue weighted by molar-refractivity contribution is 0.106. The number of rotatable bonds is 6. The number of halogens is 1. The molecule has 0 amide bonds. The van der Waals surface area contributed by atoms with Crippen molar-refractivity contribution in [3.8, 4) is 0 Å². The normalized spacial score (nSPS) is 10.2. The summed E-state index contributed by atoms with van der Waals surface area (Å²) >= 11 is 0. The molecule has 0 spiro atoms. The molecule has 0 aliphatic carbocycles. The number of benzene rings is 2. The summed E-state index contributed by atoms with van der Waals surface area (Å²) in [5.41, 5.74) is 3.69. The molecule has 0 atom stereocenters. The van der Waals surface area contributed by atoms with Gasteiger partial charge in [0.2, 0.25) is 0 Å². The van der Waals surface area contributed by atoms with Crippen molar-refractivity contribution in [1.82, 2.24) is 9.55 Å². The topological polar surface area (TPSA) is 27.1 Å². The quantitative estimate of drug-likeness (QED) is 0.686. The van der Waals surface area contributed by atoms with E-state index in [1.807, 2.05) is 30.7 Å². The van der Waals surface area contributed by atoms with Gasteiger partial charge in [0.25, 0.3) is 0 Å². The van der Waals surface area contributed by atoms with Crippen molar-refractivity contribution in [1.29, 1.82) is 0 Å². The van der Waals surface area contributed by atoms with Crippen LogP contribution in [0.3, 0.4) is 0 Å². The van der Waals surface area contributed by atoms with E-state index in [2.05, 4.69) is 45.9 Å². The van der Waals surface area contributed by atoms with Gasteiger partial charge in [0, 0.05) is 18.9 Å². The molecule has 0 fully saturated rings. The number of hydrogen-bond donors (Lipinski definition) is 0. The van der Waals surface area contributed by atoms with Gasteiger partial charge in [0.1, 0.15) is 0 Å². The lowest BCUT2D eigenvalue weighted by Crippen LogP contribution is -2.03. The van der Waals surface area contributed by atoms with Gasteiger partial charge in [-0.3, -0.25) is 0 Å². The van der Waals surface area contributed by atoms with Gasteiger partial charge in [-0.25, -0.2) is 4.98 Å². The van der Waals surface area contributed by atoms with E-state index in [1.165, 1.54) is 16.7 Å². The average molecular weight is 315 g/mol. The molecule has 4 heteroatoms. The second-order valence-electron chi connectivity index (χ2n) is 4.98. The summed E-state index contributed by atoms with van der Waals surface area (Å²) in [7, 11) is 0. The van der Waals surface area contributed by atoms with Gasteiger partial charge >= 0.3 is 0 Å². The highest BCUT2D eigenvalue weighted by Gasteiger charge is 2.03. The maximum absolute atomic E-state index is 5.84. The Morgan fingerprint density at radius 3 is 2.32 bits per heavy atom. The van der Waals surface area contributed by atoms with Crippen LogP contribution in [0.15, 0.2) is 73.3 Å². The summed E-state index contributed by atoms with van der Waals surface area (Å²) in [6, 6.07) is 18.6. The van der Waals surface area contributed by atoms with E-state index in [1.54, 1.807) is 6.20 Å². The molecule has 3 nitrogen and oxygen atoms in total. The Bertz CT molecular complexity index is 669. The van der Waals surface area contributed by atoms with Gasteiger partial charge < -0.3 is 9.30 Å². The molecule has 22 heavy (non-hydrogen) atoms. The molecule has 0 aliphatic heterocycles. The molecule has 0 unspecified atom stereocenters. The Hall–Kier alpha value is -2.10. The zero-order chi connectivity index (χ0) is 14.3. The standard InChI is InChI=1S/C18H18N2O.ClH/c1-2-6-16(7-3-1)13-21-14-18-9-5-4-8-17(18)12-20-11-10-19-15-20;/h1-11,15H,12-14H2;1H. The third-order valence-corrected chi connectivity index (χ3v) is 3.40. The van der Waals surface area contributed by atoms with E-state index in [4.69, 9.17) is 4.74 Å². The van der Waals surface area contributed by atoms with Gasteiger partial charge in [-0.2, -0.15) is 0 Å². The largest absolute Gasteiger partial charge is 0.372 e. The maximum atomic E-state index is 5.84. The molecule has 0 aliphatic rings. The second-order valence-corrected chi connectivity index (χ2v) is 4.98. The van der Waals surface area contributed by atoms with Crippen molar-refractivity contribution in [2.45, 2.75) is 19.8 Å². The lowest BCUT2D eigenvalue weighted by Gasteiger charge is -2.11. The van der Waals surface area contributed by atoms with E-state index < -0.39 is 0 Å². The highest BCUT2D eigenvalue weighted by molar-refractivity contribution is 5.85. The summed E-state index contributed by atoms with van der Waals surface area (Å²) in [6.07, 6.45) is 5.61. The van der Waals surface area contributed by atoms with Crippen molar-refractivity contribution in [2.24, 2.45) is 0 Å². The first-order valence-corrected chi connectivity index (χ1v) is 7.06. The van der Waals surface area contributed by atoms with Gasteiger partial charge in [0.05, 0.1) is 19.5 Å². The first kappa shape index (κ1) is 16.3. The molecule has 0 saturated carbocycles. The zero-order valence-corrected chi connectivity index (χ0v) is 13.1. The van der Waals surface area contributed by atoms with Crippen molar-refractivity contribution in [2.75, 3.05) is 0 Å². The van der Waals surface area contributed by atoms with Crippen LogP contribution in [0.25, 0.3) is 0 Å². The summed E-state index contributed by atoms with van der Waals surface area (Å²) in [4.78, 5) is 4.08. The van der Waals surface area contributed by atoms with Gasteiger partial charge in [-0.15, -0.1) is 12.4 Å². The smallest absolute Gasteiger partial charge is 0.0949 e. The number of hydrogen-bond acceptors (Lipinski definition) is 2. The molecular formula is C18H19ClN2O. The third kappa shape index (κ3) is 4.45. The SMILES string of the molecule is Cl.c1ccc(COCc2ccccc2Cn2ccnc2)cc1. The van der Waals surface area contributed by atoms with E-state index >= 15 is 0 Å².